The summed E-state index contributed by atoms with van der Waals surface area (Å²) in [6, 6.07) is 13.7. The monoisotopic (exact) mass is 442 g/mol. The molecule has 3 aromatic rings. The Morgan fingerprint density at radius 1 is 1.07 bits per heavy atom. The summed E-state index contributed by atoms with van der Waals surface area (Å²) in [7, 11) is -3.58. The van der Waals surface area contributed by atoms with Crippen LogP contribution in [0.4, 0.5) is 17.2 Å². The number of rotatable bonds is 7. The highest BCUT2D eigenvalue weighted by Crippen LogP contribution is 2.26. The molecule has 9 heteroatoms. The topological polar surface area (TPSA) is 91.4 Å². The molecule has 3 heterocycles. The van der Waals surface area contributed by atoms with Crippen LogP contribution in [-0.4, -0.2) is 32.4 Å². The minimum absolute atomic E-state index is 0.143. The fraction of sp³-hybridized carbons (Fsp3) is 0.238. The Hall–Kier alpha value is -2.91. The van der Waals surface area contributed by atoms with Gasteiger partial charge in [0.2, 0.25) is 5.91 Å². The smallest absolute Gasteiger partial charge is 0.271 e. The van der Waals surface area contributed by atoms with Crippen LogP contribution in [0.2, 0.25) is 0 Å². The summed E-state index contributed by atoms with van der Waals surface area (Å²) in [4.78, 5) is 19.2. The predicted molar refractivity (Wildman–Crippen MR) is 120 cm³/mol. The van der Waals surface area contributed by atoms with Crippen LogP contribution in [0.25, 0.3) is 0 Å². The number of nitrogens with zero attached hydrogens (tertiary/aromatic N) is 2. The van der Waals surface area contributed by atoms with E-state index in [1.165, 1.54) is 0 Å². The third-order valence-corrected chi connectivity index (χ3v) is 7.58. The number of amides is 1. The van der Waals surface area contributed by atoms with Crippen LogP contribution >= 0.6 is 11.3 Å². The molecule has 7 nitrogen and oxygen atoms in total. The van der Waals surface area contributed by atoms with Gasteiger partial charge in [0.1, 0.15) is 4.21 Å². The minimum atomic E-state index is -3.58. The lowest BCUT2D eigenvalue weighted by atomic mass is 10.1. The first-order chi connectivity index (χ1) is 14.5. The standard InChI is InChI=1S/C21H22N4O3S2/c26-19(23-18-5-3-11-22-21(18)25-12-1-2-13-25)15-16-7-9-17(10-8-16)24-30(27,28)20-6-4-14-29-20/h3-11,14,24H,1-2,12-13,15H2,(H,23,26). The van der Waals surface area contributed by atoms with Crippen molar-refractivity contribution < 1.29 is 13.2 Å². The highest BCUT2D eigenvalue weighted by Gasteiger charge is 2.18. The Bertz CT molecular complexity index is 1110. The van der Waals surface area contributed by atoms with Gasteiger partial charge in [-0.2, -0.15) is 0 Å². The molecule has 156 valence electrons. The van der Waals surface area contributed by atoms with Gasteiger partial charge in [-0.25, -0.2) is 13.4 Å². The van der Waals surface area contributed by atoms with Crippen molar-refractivity contribution in [1.82, 2.24) is 4.98 Å². The third kappa shape index (κ3) is 4.80. The number of anilines is 3. The first-order valence-corrected chi connectivity index (χ1v) is 12.0. The van der Waals surface area contributed by atoms with Crippen LogP contribution in [0.3, 0.4) is 0 Å². The number of nitrogens with one attached hydrogen (secondary N) is 2. The molecule has 1 aliphatic rings. The molecule has 0 radical (unpaired) electrons. The second-order valence-electron chi connectivity index (χ2n) is 7.03. The van der Waals surface area contributed by atoms with Crippen molar-refractivity contribution in [3.8, 4) is 0 Å². The molecule has 0 unspecified atom stereocenters. The van der Waals surface area contributed by atoms with Crippen molar-refractivity contribution in [3.63, 3.8) is 0 Å². The van der Waals surface area contributed by atoms with Crippen molar-refractivity contribution in [2.75, 3.05) is 28.0 Å². The molecule has 2 N–H and O–H groups in total. The van der Waals surface area contributed by atoms with Gasteiger partial charge < -0.3 is 10.2 Å². The van der Waals surface area contributed by atoms with Crippen molar-refractivity contribution in [1.29, 1.82) is 0 Å². The number of sulfonamides is 1. The molecule has 0 saturated carbocycles. The van der Waals surface area contributed by atoms with Gasteiger partial charge in [0, 0.05) is 25.0 Å². The van der Waals surface area contributed by atoms with Gasteiger partial charge >= 0.3 is 0 Å². The van der Waals surface area contributed by atoms with Crippen LogP contribution in [0, 0.1) is 0 Å². The lowest BCUT2D eigenvalue weighted by Gasteiger charge is -2.20. The number of benzene rings is 1. The molecule has 30 heavy (non-hydrogen) atoms. The highest BCUT2D eigenvalue weighted by atomic mass is 32.2. The average Bonchev–Trinajstić information content (AvgIpc) is 3.44. The van der Waals surface area contributed by atoms with E-state index in [0.29, 0.717) is 11.4 Å². The van der Waals surface area contributed by atoms with Crippen molar-refractivity contribution in [2.45, 2.75) is 23.5 Å². The minimum Gasteiger partial charge on any atom is -0.355 e. The second kappa shape index (κ2) is 8.85. The molecule has 1 aromatic carbocycles. The summed E-state index contributed by atoms with van der Waals surface area (Å²) in [5, 5.41) is 4.67. The largest absolute Gasteiger partial charge is 0.355 e. The molecule has 1 fully saturated rings. The maximum Gasteiger partial charge on any atom is 0.271 e. The zero-order valence-electron chi connectivity index (χ0n) is 16.2. The molecule has 0 bridgehead atoms. The van der Waals surface area contributed by atoms with Gasteiger partial charge in [0.25, 0.3) is 10.0 Å². The maximum absolute atomic E-state index is 12.6. The van der Waals surface area contributed by atoms with E-state index in [-0.39, 0.29) is 16.5 Å². The van der Waals surface area contributed by atoms with E-state index in [9.17, 15) is 13.2 Å². The van der Waals surface area contributed by atoms with E-state index in [1.807, 2.05) is 12.1 Å². The number of aromatic nitrogens is 1. The molecule has 0 aliphatic carbocycles. The van der Waals surface area contributed by atoms with E-state index in [4.69, 9.17) is 0 Å². The van der Waals surface area contributed by atoms with Crippen LogP contribution in [0.5, 0.6) is 0 Å². The van der Waals surface area contributed by atoms with Crippen LogP contribution in [0.15, 0.2) is 64.3 Å². The summed E-state index contributed by atoms with van der Waals surface area (Å²) < 4.78 is 27.4. The van der Waals surface area contributed by atoms with Crippen LogP contribution in [0.1, 0.15) is 18.4 Å². The summed E-state index contributed by atoms with van der Waals surface area (Å²) in [5.74, 6) is 0.664. The first kappa shape index (κ1) is 20.4. The zero-order valence-corrected chi connectivity index (χ0v) is 17.9. The third-order valence-electron chi connectivity index (χ3n) is 4.80. The Balaban J connectivity index is 1.39. The lowest BCUT2D eigenvalue weighted by molar-refractivity contribution is -0.115. The molecule has 4 rings (SSSR count). The summed E-state index contributed by atoms with van der Waals surface area (Å²) in [5.41, 5.74) is 1.96. The zero-order chi connectivity index (χ0) is 21.0. The van der Waals surface area contributed by atoms with Crippen molar-refractivity contribution in [3.05, 3.63) is 65.7 Å². The highest BCUT2D eigenvalue weighted by molar-refractivity contribution is 7.94. The number of carbonyl (C=O) groups is 1. The Morgan fingerprint density at radius 2 is 1.83 bits per heavy atom. The van der Waals surface area contributed by atoms with Crippen LogP contribution < -0.4 is 14.9 Å². The number of hydrogen-bond acceptors (Lipinski definition) is 6. The summed E-state index contributed by atoms with van der Waals surface area (Å²) in [6.07, 6.45) is 4.19. The van der Waals surface area contributed by atoms with E-state index in [2.05, 4.69) is 19.9 Å². The van der Waals surface area contributed by atoms with E-state index in [0.717, 1.165) is 48.6 Å². The lowest BCUT2D eigenvalue weighted by Crippen LogP contribution is -2.22. The number of carbonyl (C=O) groups excluding carboxylic acids is 1. The number of pyridine rings is 1. The Labute approximate surface area is 179 Å². The fourth-order valence-corrected chi connectivity index (χ4v) is 5.42. The SMILES string of the molecule is O=C(Cc1ccc(NS(=O)(=O)c2cccs2)cc1)Nc1cccnc1N1CCCC1. The maximum atomic E-state index is 12.6. The molecule has 2 aromatic heterocycles. The second-order valence-corrected chi connectivity index (χ2v) is 9.89. The predicted octanol–water partition coefficient (Wildman–Crippen LogP) is 3.73. The summed E-state index contributed by atoms with van der Waals surface area (Å²) >= 11 is 1.16. The van der Waals surface area contributed by atoms with Crippen LogP contribution in [-0.2, 0) is 21.2 Å². The molecular weight excluding hydrogens is 420 g/mol. The van der Waals surface area contributed by atoms with Gasteiger partial charge in [-0.1, -0.05) is 18.2 Å². The quantitative estimate of drug-likeness (QED) is 0.582. The Kier molecular flexibility index (Phi) is 6.01. The van der Waals surface area contributed by atoms with Gasteiger partial charge in [-0.05, 0) is 54.1 Å². The molecule has 0 atom stereocenters. The molecular formula is C21H22N4O3S2. The van der Waals surface area contributed by atoms with E-state index >= 15 is 0 Å². The van der Waals surface area contributed by atoms with Crippen molar-refractivity contribution >= 4 is 44.5 Å². The normalized spacial score (nSPS) is 13.9. The summed E-state index contributed by atoms with van der Waals surface area (Å²) in [6.45, 7) is 1.89. The average molecular weight is 443 g/mol. The fourth-order valence-electron chi connectivity index (χ4n) is 3.37. The Morgan fingerprint density at radius 3 is 2.53 bits per heavy atom. The van der Waals surface area contributed by atoms with Gasteiger partial charge in [-0.15, -0.1) is 11.3 Å². The van der Waals surface area contributed by atoms with Gasteiger partial charge in [0.05, 0.1) is 12.1 Å². The van der Waals surface area contributed by atoms with Gasteiger partial charge in [-0.3, -0.25) is 9.52 Å². The molecule has 1 aliphatic heterocycles. The van der Waals surface area contributed by atoms with Crippen molar-refractivity contribution in [2.24, 2.45) is 0 Å². The molecule has 1 saturated heterocycles. The first-order valence-electron chi connectivity index (χ1n) is 9.66. The number of thiophene rings is 1. The molecule has 1 amide bonds. The molecule has 0 spiro atoms. The van der Waals surface area contributed by atoms with Gasteiger partial charge in [0.15, 0.2) is 5.82 Å². The number of hydrogen-bond donors (Lipinski definition) is 2. The van der Waals surface area contributed by atoms with E-state index in [1.54, 1.807) is 48.0 Å². The van der Waals surface area contributed by atoms with E-state index < -0.39 is 10.0 Å².